The smallest absolute Gasteiger partial charge is 0.306 e. The minimum Gasteiger partial charge on any atom is -0.481 e. The Labute approximate surface area is 111 Å². The van der Waals surface area contributed by atoms with E-state index in [4.69, 9.17) is 5.11 Å². The Kier molecular flexibility index (Phi) is 4.20. The summed E-state index contributed by atoms with van der Waals surface area (Å²) in [5.41, 5.74) is 0. The van der Waals surface area contributed by atoms with Crippen molar-refractivity contribution >= 4 is 16.0 Å². The molecule has 2 atom stereocenters. The fourth-order valence-corrected chi connectivity index (χ4v) is 3.47. The molecule has 0 spiro atoms. The van der Waals surface area contributed by atoms with E-state index in [0.717, 1.165) is 19.3 Å². The van der Waals surface area contributed by atoms with Crippen molar-refractivity contribution in [2.24, 2.45) is 11.8 Å². The van der Waals surface area contributed by atoms with Crippen LogP contribution in [0, 0.1) is 11.8 Å². The maximum Gasteiger partial charge on any atom is 0.306 e. The van der Waals surface area contributed by atoms with Crippen LogP contribution in [0.2, 0.25) is 0 Å². The van der Waals surface area contributed by atoms with Gasteiger partial charge in [-0.3, -0.25) is 9.89 Å². The molecule has 1 saturated carbocycles. The Morgan fingerprint density at radius 2 is 2.21 bits per heavy atom. The minimum atomic E-state index is -3.63. The van der Waals surface area contributed by atoms with Crippen LogP contribution < -0.4 is 4.72 Å². The Balaban J connectivity index is 1.99. The lowest BCUT2D eigenvalue weighted by Gasteiger charge is -2.28. The molecule has 8 heteroatoms. The average molecular weight is 287 g/mol. The van der Waals surface area contributed by atoms with Gasteiger partial charge in [-0.2, -0.15) is 5.10 Å². The second kappa shape index (κ2) is 5.70. The molecule has 0 aliphatic heterocycles. The third-order valence-electron chi connectivity index (χ3n) is 3.53. The summed E-state index contributed by atoms with van der Waals surface area (Å²) in [7, 11) is -3.63. The van der Waals surface area contributed by atoms with Crippen molar-refractivity contribution in [2.75, 3.05) is 6.54 Å². The summed E-state index contributed by atoms with van der Waals surface area (Å²) < 4.78 is 26.2. The van der Waals surface area contributed by atoms with Gasteiger partial charge in [0.1, 0.15) is 0 Å². The van der Waals surface area contributed by atoms with Gasteiger partial charge in [0, 0.05) is 6.54 Å². The van der Waals surface area contributed by atoms with Gasteiger partial charge < -0.3 is 5.11 Å². The van der Waals surface area contributed by atoms with E-state index in [1.807, 2.05) is 0 Å². The summed E-state index contributed by atoms with van der Waals surface area (Å²) in [6, 6.07) is 1.36. The Bertz CT molecular complexity index is 526. The van der Waals surface area contributed by atoms with E-state index in [2.05, 4.69) is 14.9 Å². The van der Waals surface area contributed by atoms with Crippen LogP contribution in [0.1, 0.15) is 25.7 Å². The van der Waals surface area contributed by atoms with Crippen molar-refractivity contribution in [3.63, 3.8) is 0 Å². The zero-order valence-electron chi connectivity index (χ0n) is 10.4. The molecule has 1 aromatic heterocycles. The fraction of sp³-hybridized carbons (Fsp3) is 0.636. The molecule has 1 aliphatic rings. The number of aromatic nitrogens is 2. The number of sulfonamides is 1. The standard InChI is InChI=1S/C11H17N3O4S/c15-11(16)9-4-2-1-3-8(9)7-13-19(17,18)10-5-6-12-14-10/h5-6,8-9,13H,1-4,7H2,(H,12,14)(H,15,16). The lowest BCUT2D eigenvalue weighted by Crippen LogP contribution is -2.37. The first-order chi connectivity index (χ1) is 9.00. The minimum absolute atomic E-state index is 0.00446. The highest BCUT2D eigenvalue weighted by Gasteiger charge is 2.31. The SMILES string of the molecule is O=C(O)C1CCCCC1CNS(=O)(=O)c1ccn[nH]1. The number of H-pyrrole nitrogens is 1. The van der Waals surface area contributed by atoms with Gasteiger partial charge in [-0.15, -0.1) is 0 Å². The van der Waals surface area contributed by atoms with Crippen LogP contribution >= 0.6 is 0 Å². The molecule has 0 radical (unpaired) electrons. The molecular formula is C11H17N3O4S. The summed E-state index contributed by atoms with van der Waals surface area (Å²) in [5, 5.41) is 15.1. The number of nitrogens with zero attached hydrogens (tertiary/aromatic N) is 1. The molecular weight excluding hydrogens is 270 g/mol. The maximum atomic E-state index is 11.9. The highest BCUT2D eigenvalue weighted by Crippen LogP contribution is 2.30. The third kappa shape index (κ3) is 3.32. The number of hydrogen-bond donors (Lipinski definition) is 3. The zero-order chi connectivity index (χ0) is 13.9. The fourth-order valence-electron chi connectivity index (χ4n) is 2.46. The van der Waals surface area contributed by atoms with Crippen molar-refractivity contribution in [3.8, 4) is 0 Å². The number of aliphatic carboxylic acids is 1. The first-order valence-electron chi connectivity index (χ1n) is 6.22. The van der Waals surface area contributed by atoms with Crippen LogP contribution in [-0.4, -0.2) is 36.2 Å². The highest BCUT2D eigenvalue weighted by molar-refractivity contribution is 7.89. The van der Waals surface area contributed by atoms with Crippen LogP contribution in [0.15, 0.2) is 17.3 Å². The molecule has 0 saturated heterocycles. The topological polar surface area (TPSA) is 112 Å². The van der Waals surface area contributed by atoms with E-state index >= 15 is 0 Å². The van der Waals surface area contributed by atoms with Crippen molar-refractivity contribution in [3.05, 3.63) is 12.3 Å². The molecule has 0 amide bonds. The molecule has 106 valence electrons. The number of carbonyl (C=O) groups is 1. The van der Waals surface area contributed by atoms with Crippen molar-refractivity contribution < 1.29 is 18.3 Å². The molecule has 2 unspecified atom stereocenters. The Morgan fingerprint density at radius 3 is 2.84 bits per heavy atom. The van der Waals surface area contributed by atoms with E-state index in [1.165, 1.54) is 12.3 Å². The zero-order valence-corrected chi connectivity index (χ0v) is 11.2. The van der Waals surface area contributed by atoms with Crippen LogP contribution in [-0.2, 0) is 14.8 Å². The first-order valence-corrected chi connectivity index (χ1v) is 7.71. The largest absolute Gasteiger partial charge is 0.481 e. The summed E-state index contributed by atoms with van der Waals surface area (Å²) in [6.45, 7) is 0.151. The summed E-state index contributed by atoms with van der Waals surface area (Å²) in [5.74, 6) is -1.45. The normalized spacial score (nSPS) is 24.2. The number of nitrogens with one attached hydrogen (secondary N) is 2. The number of hydrogen-bond acceptors (Lipinski definition) is 4. The van der Waals surface area contributed by atoms with Gasteiger partial charge in [0.05, 0.1) is 12.1 Å². The van der Waals surface area contributed by atoms with Crippen LogP contribution in [0.25, 0.3) is 0 Å². The molecule has 19 heavy (non-hydrogen) atoms. The van der Waals surface area contributed by atoms with Crippen molar-refractivity contribution in [1.82, 2.24) is 14.9 Å². The third-order valence-corrected chi connectivity index (χ3v) is 4.88. The molecule has 1 aliphatic carbocycles. The van der Waals surface area contributed by atoms with Gasteiger partial charge in [-0.25, -0.2) is 13.1 Å². The lowest BCUT2D eigenvalue weighted by atomic mass is 9.79. The van der Waals surface area contributed by atoms with E-state index in [-0.39, 0.29) is 17.5 Å². The molecule has 7 nitrogen and oxygen atoms in total. The summed E-state index contributed by atoms with van der Waals surface area (Å²) >= 11 is 0. The number of rotatable bonds is 5. The molecule has 0 bridgehead atoms. The van der Waals surface area contributed by atoms with Crippen molar-refractivity contribution in [1.29, 1.82) is 0 Å². The number of carboxylic acids is 1. The number of aromatic amines is 1. The van der Waals surface area contributed by atoms with E-state index in [0.29, 0.717) is 6.42 Å². The molecule has 0 aromatic carbocycles. The molecule has 1 aromatic rings. The Hall–Kier alpha value is -1.41. The lowest BCUT2D eigenvalue weighted by molar-refractivity contribution is -0.144. The quantitative estimate of drug-likeness (QED) is 0.733. The molecule has 2 rings (SSSR count). The van der Waals surface area contributed by atoms with Crippen LogP contribution in [0.5, 0.6) is 0 Å². The van der Waals surface area contributed by atoms with Gasteiger partial charge >= 0.3 is 5.97 Å². The van der Waals surface area contributed by atoms with Crippen LogP contribution in [0.3, 0.4) is 0 Å². The Morgan fingerprint density at radius 1 is 1.47 bits per heavy atom. The van der Waals surface area contributed by atoms with Gasteiger partial charge in [0.2, 0.25) is 0 Å². The average Bonchev–Trinajstić information content (AvgIpc) is 2.91. The molecule has 3 N–H and O–H groups in total. The molecule has 1 heterocycles. The van der Waals surface area contributed by atoms with E-state index in [1.54, 1.807) is 0 Å². The second-order valence-corrected chi connectivity index (χ2v) is 6.50. The number of carboxylic acid groups (broad SMARTS) is 1. The monoisotopic (exact) mass is 287 g/mol. The summed E-state index contributed by atoms with van der Waals surface area (Å²) in [6.07, 6.45) is 4.55. The molecule has 1 fully saturated rings. The van der Waals surface area contributed by atoms with E-state index in [9.17, 15) is 13.2 Å². The van der Waals surface area contributed by atoms with Gasteiger partial charge in [0.25, 0.3) is 10.0 Å². The highest BCUT2D eigenvalue weighted by atomic mass is 32.2. The predicted molar refractivity (Wildman–Crippen MR) is 66.9 cm³/mol. The maximum absolute atomic E-state index is 11.9. The summed E-state index contributed by atoms with van der Waals surface area (Å²) in [4.78, 5) is 11.1. The second-order valence-electron chi connectivity index (χ2n) is 4.76. The van der Waals surface area contributed by atoms with E-state index < -0.39 is 21.9 Å². The first kappa shape index (κ1) is 14.0. The van der Waals surface area contributed by atoms with Gasteiger partial charge in [-0.05, 0) is 24.8 Å². The van der Waals surface area contributed by atoms with Gasteiger partial charge in [0.15, 0.2) is 5.03 Å². The van der Waals surface area contributed by atoms with Crippen molar-refractivity contribution in [2.45, 2.75) is 30.7 Å². The van der Waals surface area contributed by atoms with Gasteiger partial charge in [-0.1, -0.05) is 12.8 Å². The predicted octanol–water partition coefficient (Wildman–Crippen LogP) is 0.579. The van der Waals surface area contributed by atoms with Crippen LogP contribution in [0.4, 0.5) is 0 Å².